The molecule has 2 N–H and O–H groups in total. The molecular weight excluding hydrogens is 292 g/mol. The Morgan fingerprint density at radius 1 is 1.22 bits per heavy atom. The Morgan fingerprint density at radius 2 is 1.91 bits per heavy atom. The number of rotatable bonds is 4. The van der Waals surface area contributed by atoms with Crippen molar-refractivity contribution in [3.8, 4) is 5.75 Å². The molecule has 2 aliphatic rings. The Kier molecular flexibility index (Phi) is 4.28. The summed E-state index contributed by atoms with van der Waals surface area (Å²) in [5, 5.41) is 0. The number of nitrogens with two attached hydrogens (primary N) is 1. The van der Waals surface area contributed by atoms with Crippen LogP contribution in [0.2, 0.25) is 0 Å². The average Bonchev–Trinajstić information content (AvgIpc) is 3.35. The summed E-state index contributed by atoms with van der Waals surface area (Å²) in [5.41, 5.74) is 6.60. The van der Waals surface area contributed by atoms with Crippen molar-refractivity contribution >= 4 is 11.8 Å². The van der Waals surface area contributed by atoms with Crippen LogP contribution in [-0.2, 0) is 9.59 Å². The lowest BCUT2D eigenvalue weighted by atomic mass is 9.92. The zero-order valence-corrected chi connectivity index (χ0v) is 13.7. The molecule has 2 amide bonds. The molecule has 1 aliphatic heterocycles. The molecule has 1 saturated carbocycles. The van der Waals surface area contributed by atoms with Crippen LogP contribution in [0, 0.1) is 11.8 Å². The number of hydrogen-bond donors (Lipinski definition) is 1. The van der Waals surface area contributed by atoms with Gasteiger partial charge < -0.3 is 15.4 Å². The first-order valence-corrected chi connectivity index (χ1v) is 8.25. The predicted octanol–water partition coefficient (Wildman–Crippen LogP) is 1.91. The zero-order valence-electron chi connectivity index (χ0n) is 13.7. The molecule has 4 unspecified atom stereocenters. The number of primary amides is 1. The van der Waals surface area contributed by atoms with E-state index in [0.29, 0.717) is 6.54 Å². The molecule has 0 bridgehead atoms. The van der Waals surface area contributed by atoms with Gasteiger partial charge in [-0.2, -0.15) is 0 Å². The average molecular weight is 316 g/mol. The number of carbonyl (C=O) groups excluding carboxylic acids is 2. The fraction of sp³-hybridized carbons (Fsp3) is 0.556. The smallest absolute Gasteiger partial charge is 0.226 e. The monoisotopic (exact) mass is 316 g/mol. The molecule has 0 spiro atoms. The first-order valence-electron chi connectivity index (χ1n) is 8.25. The molecule has 2 fully saturated rings. The van der Waals surface area contributed by atoms with Crippen LogP contribution in [0.15, 0.2) is 24.3 Å². The second kappa shape index (κ2) is 6.22. The Bertz CT molecular complexity index is 599. The standard InChI is InChI=1S/C18H24N2O3/c1-11-3-4-13(17(19)21)10-20(11)18(22)16-9-15(16)12-5-7-14(23-2)8-6-12/h5-8,11,13,15-16H,3-4,9-10H2,1-2H3,(H2,19,21). The molecule has 1 saturated heterocycles. The van der Waals surface area contributed by atoms with E-state index in [1.165, 1.54) is 5.56 Å². The van der Waals surface area contributed by atoms with E-state index >= 15 is 0 Å². The lowest BCUT2D eigenvalue weighted by molar-refractivity contribution is -0.138. The molecule has 0 aromatic heterocycles. The van der Waals surface area contributed by atoms with Crippen LogP contribution < -0.4 is 10.5 Å². The Hall–Kier alpha value is -2.04. The maximum atomic E-state index is 12.8. The molecule has 1 aromatic carbocycles. The highest BCUT2D eigenvalue weighted by Crippen LogP contribution is 2.49. The minimum Gasteiger partial charge on any atom is -0.497 e. The van der Waals surface area contributed by atoms with Crippen LogP contribution in [0.4, 0.5) is 0 Å². The number of ether oxygens (including phenoxy) is 1. The maximum absolute atomic E-state index is 12.8. The normalized spacial score (nSPS) is 29.9. The van der Waals surface area contributed by atoms with E-state index in [1.54, 1.807) is 7.11 Å². The third-order valence-corrected chi connectivity index (χ3v) is 5.22. The third kappa shape index (κ3) is 3.19. The third-order valence-electron chi connectivity index (χ3n) is 5.22. The molecule has 3 rings (SSSR count). The van der Waals surface area contributed by atoms with Gasteiger partial charge in [0.05, 0.1) is 13.0 Å². The quantitative estimate of drug-likeness (QED) is 0.922. The maximum Gasteiger partial charge on any atom is 0.226 e. The van der Waals surface area contributed by atoms with E-state index in [2.05, 4.69) is 6.92 Å². The van der Waals surface area contributed by atoms with Gasteiger partial charge in [-0.1, -0.05) is 12.1 Å². The predicted molar refractivity (Wildman–Crippen MR) is 86.9 cm³/mol. The number of methoxy groups -OCH3 is 1. The molecular formula is C18H24N2O3. The lowest BCUT2D eigenvalue weighted by Gasteiger charge is -2.37. The van der Waals surface area contributed by atoms with E-state index in [-0.39, 0.29) is 35.6 Å². The lowest BCUT2D eigenvalue weighted by Crippen LogP contribution is -2.49. The molecule has 0 radical (unpaired) electrons. The van der Waals surface area contributed by atoms with Crippen LogP contribution >= 0.6 is 0 Å². The van der Waals surface area contributed by atoms with Crippen molar-refractivity contribution in [1.82, 2.24) is 4.90 Å². The van der Waals surface area contributed by atoms with Crippen LogP contribution in [-0.4, -0.2) is 36.4 Å². The SMILES string of the molecule is COc1ccc(C2CC2C(=O)N2CC(C(N)=O)CCC2C)cc1. The summed E-state index contributed by atoms with van der Waals surface area (Å²) in [6.45, 7) is 2.53. The first-order chi connectivity index (χ1) is 11.0. The van der Waals surface area contributed by atoms with Gasteiger partial charge in [0.2, 0.25) is 11.8 Å². The van der Waals surface area contributed by atoms with E-state index < -0.39 is 0 Å². The molecule has 124 valence electrons. The summed E-state index contributed by atoms with van der Waals surface area (Å²) in [5.74, 6) is 0.827. The van der Waals surface area contributed by atoms with Gasteiger partial charge in [0, 0.05) is 18.5 Å². The first kappa shape index (κ1) is 15.8. The Morgan fingerprint density at radius 3 is 2.52 bits per heavy atom. The van der Waals surface area contributed by atoms with Gasteiger partial charge in [-0.15, -0.1) is 0 Å². The van der Waals surface area contributed by atoms with Crippen molar-refractivity contribution in [3.63, 3.8) is 0 Å². The molecule has 5 nitrogen and oxygen atoms in total. The highest BCUT2D eigenvalue weighted by Gasteiger charge is 2.47. The van der Waals surface area contributed by atoms with Crippen molar-refractivity contribution in [2.45, 2.75) is 38.1 Å². The Balaban J connectivity index is 1.65. The number of amides is 2. The fourth-order valence-electron chi connectivity index (χ4n) is 3.55. The van der Waals surface area contributed by atoms with Gasteiger partial charge in [-0.3, -0.25) is 9.59 Å². The second-order valence-corrected chi connectivity index (χ2v) is 6.74. The van der Waals surface area contributed by atoms with Gasteiger partial charge in [-0.05, 0) is 49.8 Å². The number of likely N-dealkylation sites (tertiary alicyclic amines) is 1. The highest BCUT2D eigenvalue weighted by atomic mass is 16.5. The van der Waals surface area contributed by atoms with Gasteiger partial charge in [0.25, 0.3) is 0 Å². The van der Waals surface area contributed by atoms with Crippen LogP contribution in [0.1, 0.15) is 37.7 Å². The number of nitrogens with zero attached hydrogens (tertiary/aromatic N) is 1. The van der Waals surface area contributed by atoms with Crippen LogP contribution in [0.25, 0.3) is 0 Å². The highest BCUT2D eigenvalue weighted by molar-refractivity contribution is 5.84. The van der Waals surface area contributed by atoms with Gasteiger partial charge in [0.1, 0.15) is 5.75 Å². The summed E-state index contributed by atoms with van der Waals surface area (Å²) in [7, 11) is 1.64. The fourth-order valence-corrected chi connectivity index (χ4v) is 3.55. The zero-order chi connectivity index (χ0) is 16.6. The van der Waals surface area contributed by atoms with Crippen molar-refractivity contribution in [1.29, 1.82) is 0 Å². The van der Waals surface area contributed by atoms with Crippen LogP contribution in [0.5, 0.6) is 5.75 Å². The van der Waals surface area contributed by atoms with Crippen molar-refractivity contribution in [2.24, 2.45) is 17.6 Å². The molecule has 1 heterocycles. The van der Waals surface area contributed by atoms with E-state index in [1.807, 2.05) is 29.2 Å². The van der Waals surface area contributed by atoms with Crippen molar-refractivity contribution in [2.75, 3.05) is 13.7 Å². The number of benzene rings is 1. The van der Waals surface area contributed by atoms with E-state index in [9.17, 15) is 9.59 Å². The van der Waals surface area contributed by atoms with Crippen LogP contribution in [0.3, 0.4) is 0 Å². The van der Waals surface area contributed by atoms with E-state index in [4.69, 9.17) is 10.5 Å². The molecule has 1 aliphatic carbocycles. The topological polar surface area (TPSA) is 72.6 Å². The summed E-state index contributed by atoms with van der Waals surface area (Å²) >= 11 is 0. The van der Waals surface area contributed by atoms with E-state index in [0.717, 1.165) is 25.0 Å². The minimum atomic E-state index is -0.294. The molecule has 23 heavy (non-hydrogen) atoms. The van der Waals surface area contributed by atoms with Crippen molar-refractivity contribution < 1.29 is 14.3 Å². The Labute approximate surface area is 136 Å². The molecule has 4 atom stereocenters. The minimum absolute atomic E-state index is 0.0393. The van der Waals surface area contributed by atoms with Gasteiger partial charge >= 0.3 is 0 Å². The summed E-state index contributed by atoms with van der Waals surface area (Å²) in [6.07, 6.45) is 2.52. The summed E-state index contributed by atoms with van der Waals surface area (Å²) < 4.78 is 5.17. The number of hydrogen-bond acceptors (Lipinski definition) is 3. The molecule has 5 heteroatoms. The summed E-state index contributed by atoms with van der Waals surface area (Å²) in [4.78, 5) is 26.1. The van der Waals surface area contributed by atoms with Crippen molar-refractivity contribution in [3.05, 3.63) is 29.8 Å². The largest absolute Gasteiger partial charge is 0.497 e. The summed E-state index contributed by atoms with van der Waals surface area (Å²) in [6, 6.07) is 8.12. The number of carbonyl (C=O) groups is 2. The second-order valence-electron chi connectivity index (χ2n) is 6.74. The number of piperidine rings is 1. The van der Waals surface area contributed by atoms with Gasteiger partial charge in [0.15, 0.2) is 0 Å². The van der Waals surface area contributed by atoms with Gasteiger partial charge in [-0.25, -0.2) is 0 Å². The molecule has 1 aromatic rings.